The Bertz CT molecular complexity index is 834. The van der Waals surface area contributed by atoms with Gasteiger partial charge in [0.05, 0.1) is 25.9 Å². The summed E-state index contributed by atoms with van der Waals surface area (Å²) < 4.78 is 21.9. The first-order valence-corrected chi connectivity index (χ1v) is 9.97. The summed E-state index contributed by atoms with van der Waals surface area (Å²) in [5.74, 6) is 2.16. The number of morpholine rings is 1. The van der Waals surface area contributed by atoms with E-state index in [1.807, 2.05) is 37.3 Å². The lowest BCUT2D eigenvalue weighted by Crippen LogP contribution is -2.43. The lowest BCUT2D eigenvalue weighted by atomic mass is 10.0. The highest BCUT2D eigenvalue weighted by molar-refractivity contribution is 5.94. The molecule has 7 heteroatoms. The van der Waals surface area contributed by atoms with E-state index < -0.39 is 0 Å². The minimum Gasteiger partial charge on any atom is -0.494 e. The zero-order valence-corrected chi connectivity index (χ0v) is 16.6. The van der Waals surface area contributed by atoms with Crippen molar-refractivity contribution in [1.29, 1.82) is 0 Å². The smallest absolute Gasteiger partial charge is 0.251 e. The second kappa shape index (κ2) is 9.15. The number of nitrogens with zero attached hydrogens (tertiary/aromatic N) is 1. The summed E-state index contributed by atoms with van der Waals surface area (Å²) in [5.41, 5.74) is 1.70. The summed E-state index contributed by atoms with van der Waals surface area (Å²) in [4.78, 5) is 15.0. The Morgan fingerprint density at radius 3 is 2.62 bits per heavy atom. The molecule has 2 aromatic rings. The van der Waals surface area contributed by atoms with E-state index in [4.69, 9.17) is 18.9 Å². The molecule has 1 saturated heterocycles. The number of carbonyl (C=O) groups excluding carboxylic acids is 1. The number of fused-ring (bicyclic) bond motifs is 1. The van der Waals surface area contributed by atoms with Crippen molar-refractivity contribution < 1.29 is 23.7 Å². The van der Waals surface area contributed by atoms with Gasteiger partial charge in [-0.3, -0.25) is 9.69 Å². The Hall–Kier alpha value is -2.77. The molecule has 2 aliphatic rings. The molecule has 0 aromatic heterocycles. The number of hydrogen-bond acceptors (Lipinski definition) is 6. The van der Waals surface area contributed by atoms with Gasteiger partial charge < -0.3 is 24.3 Å². The molecule has 4 rings (SSSR count). The number of carbonyl (C=O) groups is 1. The zero-order valence-electron chi connectivity index (χ0n) is 16.6. The lowest BCUT2D eigenvalue weighted by molar-refractivity contribution is 0.0162. The van der Waals surface area contributed by atoms with Crippen LogP contribution in [0.3, 0.4) is 0 Å². The van der Waals surface area contributed by atoms with Gasteiger partial charge in [0, 0.05) is 25.2 Å². The number of hydrogen-bond donors (Lipinski definition) is 1. The van der Waals surface area contributed by atoms with Crippen molar-refractivity contribution >= 4 is 5.91 Å². The van der Waals surface area contributed by atoms with E-state index in [9.17, 15) is 4.79 Å². The van der Waals surface area contributed by atoms with Crippen LogP contribution in [0.2, 0.25) is 0 Å². The van der Waals surface area contributed by atoms with Gasteiger partial charge in [-0.15, -0.1) is 0 Å². The molecule has 1 N–H and O–H groups in total. The maximum Gasteiger partial charge on any atom is 0.251 e. The molecular formula is C22H26N2O5. The molecule has 0 spiro atoms. The van der Waals surface area contributed by atoms with E-state index in [0.717, 1.165) is 35.9 Å². The number of nitrogens with one attached hydrogen (secondary N) is 1. The lowest BCUT2D eigenvalue weighted by Gasteiger charge is -2.35. The fraction of sp³-hybridized carbons (Fsp3) is 0.409. The van der Waals surface area contributed by atoms with Crippen LogP contribution in [0.15, 0.2) is 42.5 Å². The van der Waals surface area contributed by atoms with Crippen molar-refractivity contribution in [1.82, 2.24) is 10.2 Å². The Labute approximate surface area is 170 Å². The largest absolute Gasteiger partial charge is 0.494 e. The van der Waals surface area contributed by atoms with E-state index >= 15 is 0 Å². The first-order valence-electron chi connectivity index (χ1n) is 9.97. The van der Waals surface area contributed by atoms with Crippen molar-refractivity contribution in [2.75, 3.05) is 46.2 Å². The molecule has 2 heterocycles. The van der Waals surface area contributed by atoms with Crippen molar-refractivity contribution in [3.05, 3.63) is 53.6 Å². The summed E-state index contributed by atoms with van der Waals surface area (Å²) in [5, 5.41) is 3.08. The van der Waals surface area contributed by atoms with Gasteiger partial charge in [0.25, 0.3) is 5.91 Å². The Balaban J connectivity index is 1.47. The average molecular weight is 398 g/mol. The molecule has 2 aliphatic heterocycles. The van der Waals surface area contributed by atoms with Gasteiger partial charge in [0.15, 0.2) is 11.5 Å². The highest BCUT2D eigenvalue weighted by atomic mass is 16.7. The summed E-state index contributed by atoms with van der Waals surface area (Å²) in [7, 11) is 0. The quantitative estimate of drug-likeness (QED) is 0.773. The Morgan fingerprint density at radius 2 is 1.86 bits per heavy atom. The Kier molecular flexibility index (Phi) is 6.17. The first kappa shape index (κ1) is 19.5. The highest BCUT2D eigenvalue weighted by Gasteiger charge is 2.25. The van der Waals surface area contributed by atoms with Crippen LogP contribution in [0, 0.1) is 0 Å². The van der Waals surface area contributed by atoms with E-state index in [2.05, 4.69) is 10.2 Å². The monoisotopic (exact) mass is 398 g/mol. The van der Waals surface area contributed by atoms with Gasteiger partial charge >= 0.3 is 0 Å². The minimum atomic E-state index is -0.105. The molecule has 7 nitrogen and oxygen atoms in total. The van der Waals surface area contributed by atoms with Gasteiger partial charge in [-0.05, 0) is 48.9 Å². The van der Waals surface area contributed by atoms with Crippen LogP contribution >= 0.6 is 0 Å². The second-order valence-corrected chi connectivity index (χ2v) is 6.94. The molecule has 0 bridgehead atoms. The van der Waals surface area contributed by atoms with E-state index in [-0.39, 0.29) is 18.7 Å². The fourth-order valence-corrected chi connectivity index (χ4v) is 3.63. The van der Waals surface area contributed by atoms with Crippen LogP contribution in [0.4, 0.5) is 0 Å². The number of amides is 1. The number of benzene rings is 2. The third-order valence-electron chi connectivity index (χ3n) is 5.15. The molecule has 1 amide bonds. The molecule has 0 radical (unpaired) electrons. The summed E-state index contributed by atoms with van der Waals surface area (Å²) >= 11 is 0. The maximum atomic E-state index is 12.7. The van der Waals surface area contributed by atoms with Gasteiger partial charge in [0.1, 0.15) is 5.75 Å². The number of ether oxygens (including phenoxy) is 4. The summed E-state index contributed by atoms with van der Waals surface area (Å²) in [6.45, 7) is 6.28. The molecule has 154 valence electrons. The van der Waals surface area contributed by atoms with Crippen molar-refractivity contribution in [3.63, 3.8) is 0 Å². The molecule has 0 aliphatic carbocycles. The molecule has 2 aromatic carbocycles. The van der Waals surface area contributed by atoms with E-state index in [0.29, 0.717) is 31.9 Å². The van der Waals surface area contributed by atoms with Gasteiger partial charge in [-0.2, -0.15) is 0 Å². The minimum absolute atomic E-state index is 0.0278. The van der Waals surface area contributed by atoms with Crippen LogP contribution in [0.1, 0.15) is 28.9 Å². The van der Waals surface area contributed by atoms with Crippen molar-refractivity contribution in [3.8, 4) is 17.2 Å². The molecule has 1 atom stereocenters. The first-order chi connectivity index (χ1) is 14.2. The fourth-order valence-electron chi connectivity index (χ4n) is 3.63. The molecule has 0 unspecified atom stereocenters. The van der Waals surface area contributed by atoms with Gasteiger partial charge in [0.2, 0.25) is 6.79 Å². The molecule has 29 heavy (non-hydrogen) atoms. The SMILES string of the molecule is CCOc1ccc(C(=O)NC[C@H](c2ccc3c(c2)OCO3)N2CCOCC2)cc1. The van der Waals surface area contributed by atoms with Crippen molar-refractivity contribution in [2.24, 2.45) is 0 Å². The van der Waals surface area contributed by atoms with Gasteiger partial charge in [-0.25, -0.2) is 0 Å². The van der Waals surface area contributed by atoms with Gasteiger partial charge in [-0.1, -0.05) is 6.07 Å². The predicted octanol–water partition coefficient (Wildman–Crippen LogP) is 2.62. The topological polar surface area (TPSA) is 69.3 Å². The second-order valence-electron chi connectivity index (χ2n) is 6.94. The number of rotatable bonds is 7. The van der Waals surface area contributed by atoms with Crippen molar-refractivity contribution in [2.45, 2.75) is 13.0 Å². The third-order valence-corrected chi connectivity index (χ3v) is 5.15. The maximum absolute atomic E-state index is 12.7. The molecule has 0 saturated carbocycles. The molecule has 1 fully saturated rings. The highest BCUT2D eigenvalue weighted by Crippen LogP contribution is 2.35. The third kappa shape index (κ3) is 4.63. The normalized spacial score (nSPS) is 17.0. The van der Waals surface area contributed by atoms with E-state index in [1.165, 1.54) is 0 Å². The van der Waals surface area contributed by atoms with Crippen LogP contribution in [0.25, 0.3) is 0 Å². The van der Waals surface area contributed by atoms with Crippen LogP contribution in [-0.4, -0.2) is 57.1 Å². The van der Waals surface area contributed by atoms with E-state index in [1.54, 1.807) is 12.1 Å². The van der Waals surface area contributed by atoms with Crippen LogP contribution in [0.5, 0.6) is 17.2 Å². The average Bonchev–Trinajstić information content (AvgIpc) is 3.23. The molecular weight excluding hydrogens is 372 g/mol. The summed E-state index contributed by atoms with van der Waals surface area (Å²) in [6.07, 6.45) is 0. The van der Waals surface area contributed by atoms with Crippen LogP contribution < -0.4 is 19.5 Å². The van der Waals surface area contributed by atoms with Crippen LogP contribution in [-0.2, 0) is 4.74 Å². The predicted molar refractivity (Wildman–Crippen MR) is 108 cm³/mol. The summed E-state index contributed by atoms with van der Waals surface area (Å²) in [6, 6.07) is 13.2. The zero-order chi connectivity index (χ0) is 20.1. The standard InChI is InChI=1S/C22H26N2O5/c1-2-27-18-6-3-16(4-7-18)22(25)23-14-19(24-9-11-26-12-10-24)17-5-8-20-21(13-17)29-15-28-20/h3-8,13,19H,2,9-12,14-15H2,1H3,(H,23,25)/t19-/m1/s1. The Morgan fingerprint density at radius 1 is 1.10 bits per heavy atom.